The summed E-state index contributed by atoms with van der Waals surface area (Å²) in [7, 11) is 0. The number of fused-ring (bicyclic) bond motifs is 2. The van der Waals surface area contributed by atoms with Crippen molar-refractivity contribution in [3.05, 3.63) is 56.7 Å². The normalized spacial score (nSPS) is 19.1. The molecule has 1 spiro atoms. The highest BCUT2D eigenvalue weighted by atomic mass is 16.6. The van der Waals surface area contributed by atoms with E-state index >= 15 is 0 Å². The van der Waals surface area contributed by atoms with Crippen molar-refractivity contribution in [3.8, 4) is 6.07 Å². The number of benzene rings is 1. The molecule has 2 heterocycles. The number of nitro benzene ring substituents is 1. The minimum absolute atomic E-state index is 0.0380. The van der Waals surface area contributed by atoms with Crippen molar-refractivity contribution in [1.82, 2.24) is 0 Å². The summed E-state index contributed by atoms with van der Waals surface area (Å²) in [5.74, 6) is -3.60. The van der Waals surface area contributed by atoms with Crippen LogP contribution in [0.5, 0.6) is 0 Å². The Morgan fingerprint density at radius 3 is 2.59 bits per heavy atom. The smallest absolute Gasteiger partial charge is 0.339 e. The lowest BCUT2D eigenvalue weighted by Crippen LogP contribution is -2.46. The molecular formula is C20H18N4O8. The Hall–Kier alpha value is -4.40. The van der Waals surface area contributed by atoms with Gasteiger partial charge in [0.25, 0.3) is 5.69 Å². The molecule has 0 aliphatic carbocycles. The van der Waals surface area contributed by atoms with E-state index in [9.17, 15) is 29.8 Å². The number of nitrogens with two attached hydrogens (primary N) is 1. The van der Waals surface area contributed by atoms with E-state index in [0.717, 1.165) is 12.1 Å². The zero-order chi connectivity index (χ0) is 23.6. The van der Waals surface area contributed by atoms with Gasteiger partial charge in [-0.2, -0.15) is 5.26 Å². The minimum Gasteiger partial charge on any atom is -0.466 e. The van der Waals surface area contributed by atoms with Gasteiger partial charge in [0.05, 0.1) is 18.1 Å². The number of hydrogen-bond acceptors (Lipinski definition) is 10. The first kappa shape index (κ1) is 22.3. The van der Waals surface area contributed by atoms with Gasteiger partial charge in [-0.05, 0) is 19.9 Å². The molecule has 3 N–H and O–H groups in total. The zero-order valence-electron chi connectivity index (χ0n) is 17.1. The second kappa shape index (κ2) is 8.38. The number of ether oxygens (including phenoxy) is 3. The van der Waals surface area contributed by atoms with Crippen LogP contribution in [0.3, 0.4) is 0 Å². The fourth-order valence-electron chi connectivity index (χ4n) is 3.73. The van der Waals surface area contributed by atoms with Crippen molar-refractivity contribution in [2.75, 3.05) is 18.5 Å². The third-order valence-corrected chi connectivity index (χ3v) is 4.92. The number of carbonyl (C=O) groups is 3. The van der Waals surface area contributed by atoms with Gasteiger partial charge in [0.1, 0.15) is 29.4 Å². The third kappa shape index (κ3) is 3.29. The van der Waals surface area contributed by atoms with Gasteiger partial charge in [-0.25, -0.2) is 4.79 Å². The molecule has 1 unspecified atom stereocenters. The number of rotatable bonds is 6. The summed E-state index contributed by atoms with van der Waals surface area (Å²) in [4.78, 5) is 49.3. The summed E-state index contributed by atoms with van der Waals surface area (Å²) in [6, 6.07) is 5.26. The molecule has 2 aliphatic heterocycles. The van der Waals surface area contributed by atoms with Gasteiger partial charge in [-0.1, -0.05) is 0 Å². The molecule has 2 aliphatic rings. The zero-order valence-corrected chi connectivity index (χ0v) is 17.1. The molecule has 0 bridgehead atoms. The molecule has 1 aromatic carbocycles. The Morgan fingerprint density at radius 1 is 1.31 bits per heavy atom. The van der Waals surface area contributed by atoms with Gasteiger partial charge in [0.2, 0.25) is 11.8 Å². The molecule has 12 nitrogen and oxygen atoms in total. The van der Waals surface area contributed by atoms with E-state index in [1.54, 1.807) is 13.0 Å². The first-order valence-corrected chi connectivity index (χ1v) is 9.47. The Balaban J connectivity index is 2.40. The number of hydrogen-bond donors (Lipinski definition) is 2. The lowest BCUT2D eigenvalue weighted by atomic mass is 9.68. The van der Waals surface area contributed by atoms with Crippen LogP contribution in [0.2, 0.25) is 0 Å². The van der Waals surface area contributed by atoms with Gasteiger partial charge in [0, 0.05) is 23.4 Å². The van der Waals surface area contributed by atoms with E-state index in [2.05, 4.69) is 5.32 Å². The molecule has 0 saturated carbocycles. The van der Waals surface area contributed by atoms with Gasteiger partial charge in [-0.15, -0.1) is 0 Å². The largest absolute Gasteiger partial charge is 0.466 e. The summed E-state index contributed by atoms with van der Waals surface area (Å²) < 4.78 is 15.4. The van der Waals surface area contributed by atoms with Gasteiger partial charge >= 0.3 is 11.9 Å². The minimum atomic E-state index is -2.22. The van der Waals surface area contributed by atoms with Crippen LogP contribution in [-0.4, -0.2) is 36.0 Å². The molecule has 32 heavy (non-hydrogen) atoms. The van der Waals surface area contributed by atoms with Crippen LogP contribution in [0.1, 0.15) is 25.8 Å². The SMILES string of the molecule is CCOC(=O)CC1=C(C(=O)OCC)C2(C(=O)Nc3ccc([N+](=O)[O-])cc32)C(C#N)=C(N)O1. The molecule has 1 aromatic rings. The molecule has 0 fully saturated rings. The number of esters is 2. The summed E-state index contributed by atoms with van der Waals surface area (Å²) in [6.07, 6.45) is -0.597. The average molecular weight is 442 g/mol. The second-order valence-electron chi connectivity index (χ2n) is 6.64. The highest BCUT2D eigenvalue weighted by molar-refractivity contribution is 6.17. The molecular weight excluding hydrogens is 424 g/mol. The van der Waals surface area contributed by atoms with Gasteiger partial charge < -0.3 is 25.3 Å². The maximum Gasteiger partial charge on any atom is 0.339 e. The molecule has 0 radical (unpaired) electrons. The Labute approximate surface area is 181 Å². The predicted octanol–water partition coefficient (Wildman–Crippen LogP) is 1.28. The number of nitrogens with one attached hydrogen (secondary N) is 1. The molecule has 1 amide bonds. The van der Waals surface area contributed by atoms with Gasteiger partial charge in [0.15, 0.2) is 5.41 Å². The van der Waals surface area contributed by atoms with Crippen molar-refractivity contribution in [2.24, 2.45) is 5.73 Å². The standard InChI is InChI=1S/C20H18N4O8/c1-3-30-15(25)8-14-16(18(26)31-4-2)20(12(9-21)17(22)32-14)11-7-10(24(28)29)5-6-13(11)23-19(20)27/h5-7H,3-4,8,22H2,1-2H3,(H,23,27). The van der Waals surface area contributed by atoms with Crippen LogP contribution in [0, 0.1) is 21.4 Å². The van der Waals surface area contributed by atoms with E-state index in [0.29, 0.717) is 0 Å². The fraction of sp³-hybridized carbons (Fsp3) is 0.300. The number of nitrogens with zero attached hydrogens (tertiary/aromatic N) is 2. The van der Waals surface area contributed by atoms with E-state index in [-0.39, 0.29) is 30.2 Å². The number of anilines is 1. The number of carbonyl (C=O) groups excluding carboxylic acids is 3. The van der Waals surface area contributed by atoms with Crippen molar-refractivity contribution >= 4 is 29.2 Å². The summed E-state index contributed by atoms with van der Waals surface area (Å²) in [6.45, 7) is 3.03. The molecule has 3 rings (SSSR count). The Bertz CT molecular complexity index is 1150. The van der Waals surface area contributed by atoms with Crippen molar-refractivity contribution < 1.29 is 33.5 Å². The van der Waals surface area contributed by atoms with Crippen LogP contribution < -0.4 is 11.1 Å². The van der Waals surface area contributed by atoms with Crippen LogP contribution in [0.4, 0.5) is 11.4 Å². The topological polar surface area (TPSA) is 184 Å². The third-order valence-electron chi connectivity index (χ3n) is 4.92. The summed E-state index contributed by atoms with van der Waals surface area (Å²) in [5, 5.41) is 23.7. The highest BCUT2D eigenvalue weighted by Gasteiger charge is 2.60. The Morgan fingerprint density at radius 2 is 2.00 bits per heavy atom. The number of nitriles is 1. The van der Waals surface area contributed by atoms with E-state index < -0.39 is 57.3 Å². The van der Waals surface area contributed by atoms with Crippen LogP contribution >= 0.6 is 0 Å². The lowest BCUT2D eigenvalue weighted by Gasteiger charge is -2.34. The van der Waals surface area contributed by atoms with Crippen molar-refractivity contribution in [1.29, 1.82) is 5.26 Å². The fourth-order valence-corrected chi connectivity index (χ4v) is 3.73. The molecule has 166 valence electrons. The summed E-state index contributed by atoms with van der Waals surface area (Å²) in [5.41, 5.74) is 2.43. The number of amides is 1. The molecule has 0 aromatic heterocycles. The molecule has 1 atom stereocenters. The first-order valence-electron chi connectivity index (χ1n) is 9.47. The number of nitro groups is 1. The monoisotopic (exact) mass is 442 g/mol. The van der Waals surface area contributed by atoms with Crippen LogP contribution in [0.15, 0.2) is 41.0 Å². The summed E-state index contributed by atoms with van der Waals surface area (Å²) >= 11 is 0. The van der Waals surface area contributed by atoms with E-state index in [1.165, 1.54) is 13.0 Å². The quantitative estimate of drug-likeness (QED) is 0.369. The molecule has 12 heteroatoms. The van der Waals surface area contributed by atoms with Crippen LogP contribution in [0.25, 0.3) is 0 Å². The lowest BCUT2D eigenvalue weighted by molar-refractivity contribution is -0.384. The predicted molar refractivity (Wildman–Crippen MR) is 106 cm³/mol. The van der Waals surface area contributed by atoms with Gasteiger partial charge in [-0.3, -0.25) is 19.7 Å². The number of non-ortho nitro benzene ring substituents is 1. The molecule has 0 saturated heterocycles. The van der Waals surface area contributed by atoms with Crippen molar-refractivity contribution in [2.45, 2.75) is 25.7 Å². The Kier molecular flexibility index (Phi) is 5.84. The average Bonchev–Trinajstić information content (AvgIpc) is 3.00. The first-order chi connectivity index (χ1) is 15.2. The maximum absolute atomic E-state index is 13.3. The second-order valence-corrected chi connectivity index (χ2v) is 6.64. The maximum atomic E-state index is 13.3. The van der Waals surface area contributed by atoms with E-state index in [4.69, 9.17) is 19.9 Å². The highest BCUT2D eigenvalue weighted by Crippen LogP contribution is 2.53. The van der Waals surface area contributed by atoms with Crippen LogP contribution in [-0.2, 0) is 34.0 Å². The van der Waals surface area contributed by atoms with E-state index in [1.807, 2.05) is 0 Å². The van der Waals surface area contributed by atoms with Crippen molar-refractivity contribution in [3.63, 3.8) is 0 Å².